The van der Waals surface area contributed by atoms with Crippen molar-refractivity contribution in [2.75, 3.05) is 6.54 Å². The largest absolute Gasteiger partial charge is 0.363 e. The Labute approximate surface area is 201 Å². The maximum Gasteiger partial charge on any atom is 0.287 e. The lowest BCUT2D eigenvalue weighted by Gasteiger charge is -2.35. The van der Waals surface area contributed by atoms with Crippen LogP contribution in [0.3, 0.4) is 0 Å². The van der Waals surface area contributed by atoms with Gasteiger partial charge < -0.3 is 21.3 Å². The van der Waals surface area contributed by atoms with Crippen molar-refractivity contribution in [2.45, 2.75) is 85.4 Å². The number of hydrogen-bond acceptors (Lipinski definition) is 5. The van der Waals surface area contributed by atoms with Gasteiger partial charge >= 0.3 is 0 Å². The van der Waals surface area contributed by atoms with Gasteiger partial charge in [0.05, 0.1) is 6.04 Å². The summed E-state index contributed by atoms with van der Waals surface area (Å²) in [6, 6.07) is -2.47. The van der Waals surface area contributed by atoms with Gasteiger partial charge in [0, 0.05) is 12.5 Å². The van der Waals surface area contributed by atoms with Crippen molar-refractivity contribution >= 4 is 29.4 Å². The molecule has 9 heteroatoms. The molecule has 1 heterocycles. The molecule has 9 nitrogen and oxygen atoms in total. The second kappa shape index (κ2) is 9.66. The quantitative estimate of drug-likeness (QED) is 0.382. The van der Waals surface area contributed by atoms with Crippen molar-refractivity contribution in [3.8, 4) is 0 Å². The van der Waals surface area contributed by atoms with Crippen LogP contribution in [0.15, 0.2) is 0 Å². The van der Waals surface area contributed by atoms with Crippen molar-refractivity contribution in [3.63, 3.8) is 0 Å². The number of likely N-dealkylation sites (tertiary alicyclic amines) is 1. The van der Waals surface area contributed by atoms with E-state index in [4.69, 9.17) is 5.73 Å². The van der Waals surface area contributed by atoms with Crippen LogP contribution in [0.4, 0.5) is 0 Å². The number of amides is 4. The smallest absolute Gasteiger partial charge is 0.287 e. The van der Waals surface area contributed by atoms with E-state index >= 15 is 0 Å². The average Bonchev–Trinajstić information content (AvgIpc) is 3.62. The number of nitrogens with one attached hydrogen (secondary N) is 2. The monoisotopic (exact) mass is 476 g/mol. The molecule has 6 atom stereocenters. The van der Waals surface area contributed by atoms with Crippen LogP contribution in [0, 0.1) is 35.0 Å². The summed E-state index contributed by atoms with van der Waals surface area (Å²) >= 11 is 0. The summed E-state index contributed by atoms with van der Waals surface area (Å²) in [4.78, 5) is 65.2. The van der Waals surface area contributed by atoms with Crippen LogP contribution in [0.1, 0.15) is 67.2 Å². The Hall–Kier alpha value is -2.45. The molecule has 4 unspecified atom stereocenters. The molecular formula is C25H40N4O5. The minimum absolute atomic E-state index is 0.0419. The highest BCUT2D eigenvalue weighted by Crippen LogP contribution is 2.65. The third kappa shape index (κ3) is 5.13. The third-order valence-corrected chi connectivity index (χ3v) is 8.19. The molecule has 4 amide bonds. The maximum absolute atomic E-state index is 13.6. The molecule has 0 spiro atoms. The van der Waals surface area contributed by atoms with Gasteiger partial charge in [-0.25, -0.2) is 0 Å². The first-order valence-electron chi connectivity index (χ1n) is 12.6. The van der Waals surface area contributed by atoms with Crippen LogP contribution in [-0.2, 0) is 24.0 Å². The number of nitrogens with zero attached hydrogens (tertiary/aromatic N) is 1. The van der Waals surface area contributed by atoms with Crippen molar-refractivity contribution in [1.29, 1.82) is 0 Å². The fraction of sp³-hybridized carbons (Fsp3) is 0.800. The van der Waals surface area contributed by atoms with Gasteiger partial charge in [0.25, 0.3) is 5.91 Å². The zero-order valence-electron chi connectivity index (χ0n) is 21.2. The Morgan fingerprint density at radius 3 is 2.18 bits per heavy atom. The van der Waals surface area contributed by atoms with Gasteiger partial charge in [-0.2, -0.15) is 0 Å². The van der Waals surface area contributed by atoms with Crippen LogP contribution >= 0.6 is 0 Å². The van der Waals surface area contributed by atoms with E-state index in [2.05, 4.69) is 24.5 Å². The highest BCUT2D eigenvalue weighted by Gasteiger charge is 2.69. The number of carbonyl (C=O) groups is 5. The Balaban J connectivity index is 1.80. The van der Waals surface area contributed by atoms with E-state index in [-0.39, 0.29) is 40.9 Å². The number of primary amides is 1. The van der Waals surface area contributed by atoms with Crippen LogP contribution in [0.2, 0.25) is 0 Å². The van der Waals surface area contributed by atoms with Crippen LogP contribution < -0.4 is 16.4 Å². The summed E-state index contributed by atoms with van der Waals surface area (Å²) in [5.74, 6) is -2.73. The summed E-state index contributed by atoms with van der Waals surface area (Å²) in [7, 11) is 0. The van der Waals surface area contributed by atoms with Crippen LogP contribution in [0.25, 0.3) is 0 Å². The molecule has 4 N–H and O–H groups in total. The molecule has 3 fully saturated rings. The third-order valence-electron chi connectivity index (χ3n) is 8.19. The van der Waals surface area contributed by atoms with E-state index < -0.39 is 35.7 Å². The number of nitrogens with two attached hydrogens (primary N) is 1. The van der Waals surface area contributed by atoms with Crippen LogP contribution in [-0.4, -0.2) is 59.0 Å². The molecular weight excluding hydrogens is 436 g/mol. The first-order chi connectivity index (χ1) is 15.8. The fourth-order valence-corrected chi connectivity index (χ4v) is 5.33. The zero-order chi connectivity index (χ0) is 25.5. The molecule has 190 valence electrons. The van der Waals surface area contributed by atoms with Gasteiger partial charge in [0.15, 0.2) is 0 Å². The number of piperidine rings is 1. The number of rotatable bonds is 11. The van der Waals surface area contributed by atoms with Crippen LogP contribution in [0.5, 0.6) is 0 Å². The lowest BCUT2D eigenvalue weighted by atomic mass is 9.96. The van der Waals surface area contributed by atoms with E-state index in [0.717, 1.165) is 12.8 Å². The number of carbonyl (C=O) groups excluding carboxylic acids is 5. The molecule has 0 radical (unpaired) electrons. The summed E-state index contributed by atoms with van der Waals surface area (Å²) in [5.41, 5.74) is 5.12. The molecule has 34 heavy (non-hydrogen) atoms. The minimum atomic E-state index is -1.07. The minimum Gasteiger partial charge on any atom is -0.363 e. The highest BCUT2D eigenvalue weighted by molar-refractivity contribution is 6.37. The summed E-state index contributed by atoms with van der Waals surface area (Å²) in [6.45, 7) is 12.0. The Bertz CT molecular complexity index is 865. The summed E-state index contributed by atoms with van der Waals surface area (Å²) in [5, 5.41) is 5.64. The Morgan fingerprint density at radius 2 is 1.68 bits per heavy atom. The van der Waals surface area contributed by atoms with E-state index in [1.807, 2.05) is 27.7 Å². The van der Waals surface area contributed by atoms with E-state index in [9.17, 15) is 24.0 Å². The first kappa shape index (κ1) is 26.2. The van der Waals surface area contributed by atoms with Gasteiger partial charge in [-0.15, -0.1) is 0 Å². The molecule has 1 aliphatic heterocycles. The molecule has 0 aromatic heterocycles. The van der Waals surface area contributed by atoms with Gasteiger partial charge in [0.1, 0.15) is 12.1 Å². The molecule has 2 saturated carbocycles. The fourth-order valence-electron chi connectivity index (χ4n) is 5.33. The zero-order valence-corrected chi connectivity index (χ0v) is 21.2. The number of fused-ring (bicyclic) bond motifs is 1. The first-order valence-corrected chi connectivity index (χ1v) is 12.6. The van der Waals surface area contributed by atoms with E-state index in [1.54, 1.807) is 4.90 Å². The molecule has 0 aromatic carbocycles. The Kier molecular flexibility index (Phi) is 7.43. The molecule has 0 bridgehead atoms. The number of Topliss-reactive ketones (excluding diaryl/α,β-unsaturated/α-hetero) is 1. The maximum atomic E-state index is 13.6. The molecule has 3 aliphatic rings. The molecule has 1 saturated heterocycles. The normalized spacial score (nSPS) is 27.4. The average molecular weight is 477 g/mol. The summed E-state index contributed by atoms with van der Waals surface area (Å²) in [6.07, 6.45) is 2.95. The van der Waals surface area contributed by atoms with Gasteiger partial charge in [-0.3, -0.25) is 24.0 Å². The van der Waals surface area contributed by atoms with Gasteiger partial charge in [0.2, 0.25) is 23.5 Å². The van der Waals surface area contributed by atoms with Crippen molar-refractivity contribution in [2.24, 2.45) is 40.7 Å². The van der Waals surface area contributed by atoms with Crippen molar-refractivity contribution in [3.05, 3.63) is 0 Å². The molecule has 2 aliphatic carbocycles. The summed E-state index contributed by atoms with van der Waals surface area (Å²) < 4.78 is 0. The van der Waals surface area contributed by atoms with E-state index in [0.29, 0.717) is 25.3 Å². The lowest BCUT2D eigenvalue weighted by Crippen LogP contribution is -2.59. The van der Waals surface area contributed by atoms with E-state index in [1.165, 1.54) is 0 Å². The van der Waals surface area contributed by atoms with Crippen molar-refractivity contribution < 1.29 is 24.0 Å². The Morgan fingerprint density at radius 1 is 1.06 bits per heavy atom. The predicted octanol–water partition coefficient (Wildman–Crippen LogP) is 0.996. The number of ketones is 1. The van der Waals surface area contributed by atoms with Crippen molar-refractivity contribution in [1.82, 2.24) is 15.5 Å². The van der Waals surface area contributed by atoms with Gasteiger partial charge in [-0.05, 0) is 41.9 Å². The van der Waals surface area contributed by atoms with Gasteiger partial charge in [-0.1, -0.05) is 54.4 Å². The second-order valence-corrected chi connectivity index (χ2v) is 11.4. The lowest BCUT2D eigenvalue weighted by molar-refractivity contribution is -0.145. The SMILES string of the molecule is CC[C@H](C)C(=O)N[C@H](C(=O)N1CC2C(C1C(=O)NC(CC1CC1)C(=O)C(N)=O)C2(C)C)C(C)C. The molecule has 3 rings (SSSR count). The molecule has 0 aromatic rings. The topological polar surface area (TPSA) is 139 Å². The second-order valence-electron chi connectivity index (χ2n) is 11.4. The number of hydrogen-bond donors (Lipinski definition) is 3. The predicted molar refractivity (Wildman–Crippen MR) is 126 cm³/mol. The standard InChI is InChI=1S/C25H40N4O5/c1-7-13(4)22(32)28-18(12(2)3)24(34)29-11-15-17(25(15,5)6)19(29)23(33)27-16(10-14-8-9-14)20(30)21(26)31/h12-19H,7-11H2,1-6H3,(H2,26,31)(H,27,33)(H,28,32)/t13-,15?,16?,17?,18-,19?/m0/s1. The highest BCUT2D eigenvalue weighted by atomic mass is 16.2.